The molecule has 0 radical (unpaired) electrons. The van der Waals surface area contributed by atoms with Crippen molar-refractivity contribution in [2.24, 2.45) is 0 Å². The van der Waals surface area contributed by atoms with Gasteiger partial charge in [-0.2, -0.15) is 5.10 Å². The van der Waals surface area contributed by atoms with Crippen LogP contribution in [0.3, 0.4) is 0 Å². The molecule has 3 aromatic rings. The minimum atomic E-state index is -0.200. The van der Waals surface area contributed by atoms with E-state index >= 15 is 0 Å². The van der Waals surface area contributed by atoms with Crippen molar-refractivity contribution < 1.29 is 4.79 Å². The average molecular weight is 278 g/mol. The summed E-state index contributed by atoms with van der Waals surface area (Å²) in [5, 5.41) is 7.11. The molecule has 0 bridgehead atoms. The Labute approximate surface area is 122 Å². The molecule has 0 fully saturated rings. The lowest BCUT2D eigenvalue weighted by Crippen LogP contribution is -2.23. The van der Waals surface area contributed by atoms with Crippen LogP contribution < -0.4 is 5.32 Å². The molecule has 0 atom stereocenters. The van der Waals surface area contributed by atoms with E-state index in [9.17, 15) is 4.79 Å². The second kappa shape index (κ2) is 6.00. The summed E-state index contributed by atoms with van der Waals surface area (Å²) >= 11 is 0. The predicted octanol–water partition coefficient (Wildman–Crippen LogP) is 2.20. The summed E-state index contributed by atoms with van der Waals surface area (Å²) in [5.41, 5.74) is 2.26. The maximum absolute atomic E-state index is 12.1. The van der Waals surface area contributed by atoms with Crippen LogP contribution in [0.4, 0.5) is 0 Å². The number of nitrogens with zero attached hydrogens (tertiary/aromatic N) is 3. The highest BCUT2D eigenvalue weighted by atomic mass is 16.1. The first-order valence-corrected chi connectivity index (χ1v) is 6.61. The van der Waals surface area contributed by atoms with Crippen LogP contribution in [0.15, 0.2) is 67.1 Å². The number of hydrogen-bond acceptors (Lipinski definition) is 3. The van der Waals surface area contributed by atoms with Crippen molar-refractivity contribution in [3.05, 3.63) is 78.4 Å². The van der Waals surface area contributed by atoms with E-state index < -0.39 is 0 Å². The van der Waals surface area contributed by atoms with E-state index in [1.165, 1.54) is 0 Å². The summed E-state index contributed by atoms with van der Waals surface area (Å²) in [7, 11) is 0. The molecule has 0 saturated carbocycles. The molecular formula is C16H14N4O. The molecule has 3 rings (SSSR count). The molecule has 1 aromatic carbocycles. The summed E-state index contributed by atoms with van der Waals surface area (Å²) < 4.78 is 1.68. The summed E-state index contributed by atoms with van der Waals surface area (Å²) in [5.74, 6) is -0.200. The lowest BCUT2D eigenvalue weighted by molar-refractivity contribution is 0.0945. The Morgan fingerprint density at radius 3 is 2.71 bits per heavy atom. The zero-order valence-electron chi connectivity index (χ0n) is 11.3. The molecule has 0 spiro atoms. The molecule has 1 amide bonds. The summed E-state index contributed by atoms with van der Waals surface area (Å²) in [6, 6.07) is 15.1. The van der Waals surface area contributed by atoms with E-state index in [0.717, 1.165) is 11.3 Å². The maximum Gasteiger partial charge on any atom is 0.272 e. The van der Waals surface area contributed by atoms with Crippen molar-refractivity contribution in [1.29, 1.82) is 0 Å². The third-order valence-corrected chi connectivity index (χ3v) is 3.02. The number of carbonyl (C=O) groups excluding carboxylic acids is 1. The van der Waals surface area contributed by atoms with Gasteiger partial charge in [-0.15, -0.1) is 0 Å². The summed E-state index contributed by atoms with van der Waals surface area (Å²) in [6.07, 6.45) is 5.20. The van der Waals surface area contributed by atoms with Crippen LogP contribution in [0.1, 0.15) is 16.1 Å². The molecule has 2 aromatic heterocycles. The molecule has 0 aliphatic carbocycles. The van der Waals surface area contributed by atoms with Crippen molar-refractivity contribution in [1.82, 2.24) is 20.1 Å². The van der Waals surface area contributed by atoms with Gasteiger partial charge in [0.25, 0.3) is 5.91 Å². The molecule has 1 N–H and O–H groups in total. The van der Waals surface area contributed by atoms with Crippen molar-refractivity contribution in [3.8, 4) is 5.69 Å². The second-order valence-corrected chi connectivity index (χ2v) is 4.53. The Hall–Kier alpha value is -2.95. The Bertz CT molecular complexity index is 722. The van der Waals surface area contributed by atoms with E-state index in [-0.39, 0.29) is 5.91 Å². The van der Waals surface area contributed by atoms with E-state index in [0.29, 0.717) is 12.2 Å². The highest BCUT2D eigenvalue weighted by Crippen LogP contribution is 2.07. The first-order chi connectivity index (χ1) is 10.3. The van der Waals surface area contributed by atoms with Gasteiger partial charge >= 0.3 is 0 Å². The maximum atomic E-state index is 12.1. The van der Waals surface area contributed by atoms with Crippen LogP contribution in [0.5, 0.6) is 0 Å². The fraction of sp³-hybridized carbons (Fsp3) is 0.0625. The van der Waals surface area contributed by atoms with Gasteiger partial charge in [0.2, 0.25) is 0 Å². The highest BCUT2D eigenvalue weighted by Gasteiger charge is 2.09. The van der Waals surface area contributed by atoms with E-state index in [1.807, 2.05) is 42.5 Å². The van der Waals surface area contributed by atoms with Crippen LogP contribution in [0, 0.1) is 0 Å². The normalized spacial score (nSPS) is 10.3. The van der Waals surface area contributed by atoms with Gasteiger partial charge in [-0.05, 0) is 29.8 Å². The van der Waals surface area contributed by atoms with Gasteiger partial charge < -0.3 is 5.32 Å². The minimum Gasteiger partial charge on any atom is -0.347 e. The van der Waals surface area contributed by atoms with Crippen LogP contribution >= 0.6 is 0 Å². The van der Waals surface area contributed by atoms with E-state index in [1.54, 1.807) is 29.3 Å². The van der Waals surface area contributed by atoms with Crippen LogP contribution in [-0.4, -0.2) is 20.7 Å². The van der Waals surface area contributed by atoms with Gasteiger partial charge in [-0.25, -0.2) is 4.68 Å². The smallest absolute Gasteiger partial charge is 0.272 e. The third-order valence-electron chi connectivity index (χ3n) is 3.02. The molecule has 0 aliphatic heterocycles. The number of pyridine rings is 1. The van der Waals surface area contributed by atoms with E-state index in [2.05, 4.69) is 15.4 Å². The van der Waals surface area contributed by atoms with Gasteiger partial charge in [0.05, 0.1) is 5.69 Å². The van der Waals surface area contributed by atoms with Gasteiger partial charge in [-0.1, -0.05) is 24.3 Å². The van der Waals surface area contributed by atoms with Gasteiger partial charge in [0, 0.05) is 25.1 Å². The summed E-state index contributed by atoms with van der Waals surface area (Å²) in [6.45, 7) is 0.435. The van der Waals surface area contributed by atoms with Crippen molar-refractivity contribution >= 4 is 5.91 Å². The quantitative estimate of drug-likeness (QED) is 0.796. The number of benzene rings is 1. The number of para-hydroxylation sites is 1. The molecular weight excluding hydrogens is 264 g/mol. The van der Waals surface area contributed by atoms with Crippen LogP contribution in [0.25, 0.3) is 5.69 Å². The topological polar surface area (TPSA) is 59.8 Å². The Kier molecular flexibility index (Phi) is 3.73. The zero-order valence-corrected chi connectivity index (χ0v) is 11.3. The first-order valence-electron chi connectivity index (χ1n) is 6.61. The fourth-order valence-corrected chi connectivity index (χ4v) is 1.95. The number of hydrogen-bond donors (Lipinski definition) is 1. The lowest BCUT2D eigenvalue weighted by Gasteiger charge is -2.03. The van der Waals surface area contributed by atoms with E-state index in [4.69, 9.17) is 0 Å². The number of aromatic nitrogens is 3. The number of amides is 1. The predicted molar refractivity (Wildman–Crippen MR) is 79.0 cm³/mol. The number of rotatable bonds is 4. The van der Waals surface area contributed by atoms with Crippen LogP contribution in [0.2, 0.25) is 0 Å². The Morgan fingerprint density at radius 2 is 1.95 bits per heavy atom. The Balaban J connectivity index is 1.67. The first kappa shape index (κ1) is 13.1. The third kappa shape index (κ3) is 3.14. The highest BCUT2D eigenvalue weighted by molar-refractivity contribution is 5.92. The fourth-order valence-electron chi connectivity index (χ4n) is 1.95. The number of nitrogens with one attached hydrogen (secondary N) is 1. The molecule has 104 valence electrons. The van der Waals surface area contributed by atoms with Gasteiger partial charge in [0.15, 0.2) is 5.69 Å². The molecule has 0 saturated heterocycles. The standard InChI is InChI=1S/C16H14N4O/c21-16(18-12-13-5-4-9-17-11-13)15-8-10-20(19-15)14-6-2-1-3-7-14/h1-11H,12H2,(H,18,21). The molecule has 5 heteroatoms. The monoisotopic (exact) mass is 278 g/mol. The molecule has 0 aliphatic rings. The van der Waals surface area contributed by atoms with Crippen molar-refractivity contribution in [2.75, 3.05) is 0 Å². The number of carbonyl (C=O) groups is 1. The summed E-state index contributed by atoms with van der Waals surface area (Å²) in [4.78, 5) is 16.1. The molecule has 21 heavy (non-hydrogen) atoms. The molecule has 5 nitrogen and oxygen atoms in total. The lowest BCUT2D eigenvalue weighted by atomic mass is 10.3. The SMILES string of the molecule is O=C(NCc1cccnc1)c1ccn(-c2ccccc2)n1. The molecule has 2 heterocycles. The average Bonchev–Trinajstić information content (AvgIpc) is 3.04. The van der Waals surface area contributed by atoms with Crippen LogP contribution in [-0.2, 0) is 6.54 Å². The van der Waals surface area contributed by atoms with Gasteiger partial charge in [-0.3, -0.25) is 9.78 Å². The second-order valence-electron chi connectivity index (χ2n) is 4.53. The minimum absolute atomic E-state index is 0.200. The van der Waals surface area contributed by atoms with Crippen molar-refractivity contribution in [3.63, 3.8) is 0 Å². The van der Waals surface area contributed by atoms with Gasteiger partial charge in [0.1, 0.15) is 0 Å². The largest absolute Gasteiger partial charge is 0.347 e. The molecule has 0 unspecified atom stereocenters. The Morgan fingerprint density at radius 1 is 1.10 bits per heavy atom. The van der Waals surface area contributed by atoms with Crippen molar-refractivity contribution in [2.45, 2.75) is 6.54 Å². The zero-order chi connectivity index (χ0) is 14.5.